The molecule has 1 heterocycles. The van der Waals surface area contributed by atoms with Crippen molar-refractivity contribution in [3.05, 3.63) is 106 Å². The lowest BCUT2D eigenvalue weighted by Gasteiger charge is -2.21. The topological polar surface area (TPSA) is 95.4 Å². The van der Waals surface area contributed by atoms with Crippen LogP contribution in [0, 0.1) is 11.6 Å². The van der Waals surface area contributed by atoms with E-state index in [2.05, 4.69) is 14.1 Å². The zero-order chi connectivity index (χ0) is 25.7. The van der Waals surface area contributed by atoms with Crippen LogP contribution < -0.4 is 9.62 Å². The third-order valence-corrected chi connectivity index (χ3v) is 6.69. The van der Waals surface area contributed by atoms with Crippen molar-refractivity contribution in [2.24, 2.45) is 0 Å². The Kier molecular flexibility index (Phi) is 8.36. The first-order chi connectivity index (χ1) is 17.3. The van der Waals surface area contributed by atoms with Gasteiger partial charge in [-0.15, -0.1) is 0 Å². The highest BCUT2D eigenvalue weighted by atomic mass is 35.5. The van der Waals surface area contributed by atoms with Crippen molar-refractivity contribution in [2.45, 2.75) is 12.8 Å². The molecule has 36 heavy (non-hydrogen) atoms. The van der Waals surface area contributed by atoms with E-state index in [-0.39, 0.29) is 40.6 Å². The summed E-state index contributed by atoms with van der Waals surface area (Å²) < 4.78 is 59.2. The Labute approximate surface area is 217 Å². The minimum absolute atomic E-state index is 0.0448. The fourth-order valence-electron chi connectivity index (χ4n) is 3.52. The van der Waals surface area contributed by atoms with Crippen molar-refractivity contribution in [1.29, 1.82) is 0 Å². The Morgan fingerprint density at radius 2 is 1.86 bits per heavy atom. The summed E-state index contributed by atoms with van der Waals surface area (Å²) in [5.41, 5.74) is 1.72. The van der Waals surface area contributed by atoms with Crippen LogP contribution in [0.15, 0.2) is 66.7 Å². The van der Waals surface area contributed by atoms with E-state index in [9.17, 15) is 22.3 Å². The number of nitrogens with zero attached hydrogens (tertiary/aromatic N) is 3. The van der Waals surface area contributed by atoms with E-state index in [1.54, 1.807) is 0 Å². The Morgan fingerprint density at radius 3 is 2.58 bits per heavy atom. The molecule has 0 saturated carbocycles. The number of nitrogens with one attached hydrogen (secondary N) is 1. The molecule has 4 aromatic rings. The van der Waals surface area contributed by atoms with Gasteiger partial charge in [0.1, 0.15) is 17.3 Å². The third kappa shape index (κ3) is 6.11. The summed E-state index contributed by atoms with van der Waals surface area (Å²) in [5.74, 6) is -1.85. The summed E-state index contributed by atoms with van der Waals surface area (Å²) >= 11 is 4.43. The minimum Gasteiger partial charge on any atom is -0.352 e. The summed E-state index contributed by atoms with van der Waals surface area (Å²) in [6.07, 6.45) is 0.472. The van der Waals surface area contributed by atoms with Gasteiger partial charge in [0.05, 0.1) is 23.0 Å². The van der Waals surface area contributed by atoms with E-state index < -0.39 is 28.8 Å². The van der Waals surface area contributed by atoms with Crippen molar-refractivity contribution < 1.29 is 22.3 Å². The summed E-state index contributed by atoms with van der Waals surface area (Å²) in [5, 5.41) is 2.89. The Hall–Kier alpha value is -3.25. The number of carbonyl (C=O) groups excluding carboxylic acids is 1. The zero-order valence-corrected chi connectivity index (χ0v) is 20.9. The van der Waals surface area contributed by atoms with Crippen LogP contribution in [0.5, 0.6) is 0 Å². The van der Waals surface area contributed by atoms with Gasteiger partial charge in [0, 0.05) is 24.1 Å². The molecule has 0 bridgehead atoms. The van der Waals surface area contributed by atoms with E-state index in [0.29, 0.717) is 12.1 Å². The Morgan fingerprint density at radius 1 is 1.08 bits per heavy atom. The number of halogens is 3. The highest BCUT2D eigenvalue weighted by Gasteiger charge is 2.27. The minimum atomic E-state index is -2.61. The fraction of sp³-hybridized carbons (Fsp3) is 0.125. The van der Waals surface area contributed by atoms with Gasteiger partial charge in [0.15, 0.2) is 5.82 Å². The SMILES string of the molecule is O=C(NCCc1ccc(F)cc1F)c1ccc(Cl)cc1N(c1nsnc1Cc1ccccc1)S(=O)O. The van der Waals surface area contributed by atoms with E-state index in [1.165, 1.54) is 24.3 Å². The second-order valence-corrected chi connectivity index (χ2v) is 9.42. The van der Waals surface area contributed by atoms with Gasteiger partial charge in [0.2, 0.25) is 0 Å². The van der Waals surface area contributed by atoms with Gasteiger partial charge in [-0.25, -0.2) is 17.3 Å². The van der Waals surface area contributed by atoms with Crippen LogP contribution in [-0.4, -0.2) is 30.0 Å². The van der Waals surface area contributed by atoms with Crippen LogP contribution in [0.25, 0.3) is 0 Å². The second kappa shape index (κ2) is 11.7. The number of anilines is 2. The average molecular weight is 549 g/mol. The smallest absolute Gasteiger partial charge is 0.268 e. The molecule has 4 rings (SSSR count). The van der Waals surface area contributed by atoms with Gasteiger partial charge in [-0.2, -0.15) is 8.75 Å². The maximum absolute atomic E-state index is 13.9. The number of aromatic nitrogens is 2. The van der Waals surface area contributed by atoms with Gasteiger partial charge in [0.25, 0.3) is 17.2 Å². The third-order valence-electron chi connectivity index (χ3n) is 5.22. The van der Waals surface area contributed by atoms with Crippen molar-refractivity contribution >= 4 is 52.0 Å². The van der Waals surface area contributed by atoms with E-state index in [0.717, 1.165) is 33.7 Å². The van der Waals surface area contributed by atoms with Crippen LogP contribution in [0.4, 0.5) is 20.3 Å². The van der Waals surface area contributed by atoms with E-state index in [4.69, 9.17) is 11.6 Å². The summed E-state index contributed by atoms with van der Waals surface area (Å²) in [4.78, 5) is 13.0. The standard InChI is InChI=1S/C24H19ClF2N4O3S2/c25-17-7-9-19(24(32)28-11-10-16-6-8-18(26)14-20(16)27)22(13-17)31(36(33)34)23-21(29-35-30-23)12-15-4-2-1-3-5-15/h1-9,13-14H,10-12H2,(H,28,32)(H,33,34). The molecule has 0 fully saturated rings. The zero-order valence-electron chi connectivity index (χ0n) is 18.5. The highest BCUT2D eigenvalue weighted by Crippen LogP contribution is 2.34. The predicted molar refractivity (Wildman–Crippen MR) is 136 cm³/mol. The predicted octanol–water partition coefficient (Wildman–Crippen LogP) is 5.31. The molecule has 7 nitrogen and oxygen atoms in total. The number of benzene rings is 3. The molecule has 186 valence electrons. The Bertz CT molecular complexity index is 1410. The van der Waals surface area contributed by atoms with Gasteiger partial charge < -0.3 is 5.32 Å². The van der Waals surface area contributed by atoms with Crippen molar-refractivity contribution in [2.75, 3.05) is 10.8 Å². The van der Waals surface area contributed by atoms with Crippen molar-refractivity contribution in [1.82, 2.24) is 14.1 Å². The lowest BCUT2D eigenvalue weighted by Crippen LogP contribution is -2.29. The fourth-order valence-corrected chi connectivity index (χ4v) is 4.91. The van der Waals surface area contributed by atoms with Crippen LogP contribution in [0.3, 0.4) is 0 Å². The monoisotopic (exact) mass is 548 g/mol. The molecule has 1 amide bonds. The van der Waals surface area contributed by atoms with Gasteiger partial charge >= 0.3 is 0 Å². The largest absolute Gasteiger partial charge is 0.352 e. The molecular weight excluding hydrogens is 530 g/mol. The van der Waals surface area contributed by atoms with Crippen LogP contribution in [0.1, 0.15) is 27.2 Å². The van der Waals surface area contributed by atoms with Crippen LogP contribution >= 0.6 is 23.3 Å². The number of hydrogen-bond acceptors (Lipinski definition) is 5. The molecule has 2 N–H and O–H groups in total. The highest BCUT2D eigenvalue weighted by molar-refractivity contribution is 7.81. The molecular formula is C24H19ClF2N4O3S2. The number of rotatable bonds is 9. The summed E-state index contributed by atoms with van der Waals surface area (Å²) in [6, 6.07) is 16.9. The second-order valence-electron chi connectivity index (χ2n) is 7.63. The first-order valence-corrected chi connectivity index (χ1v) is 12.8. The van der Waals surface area contributed by atoms with Gasteiger partial charge in [-0.05, 0) is 41.8 Å². The number of carbonyl (C=O) groups is 1. The molecule has 1 unspecified atom stereocenters. The molecule has 1 aromatic heterocycles. The maximum atomic E-state index is 13.9. The molecule has 0 aliphatic heterocycles. The maximum Gasteiger partial charge on any atom is 0.268 e. The van der Waals surface area contributed by atoms with Crippen LogP contribution in [0.2, 0.25) is 5.02 Å². The lowest BCUT2D eigenvalue weighted by molar-refractivity contribution is 0.0954. The van der Waals surface area contributed by atoms with Crippen LogP contribution in [-0.2, 0) is 24.1 Å². The lowest BCUT2D eigenvalue weighted by atomic mass is 10.1. The van der Waals surface area contributed by atoms with E-state index >= 15 is 0 Å². The molecule has 0 aliphatic rings. The summed E-state index contributed by atoms with van der Waals surface area (Å²) in [7, 11) is 0. The van der Waals surface area contributed by atoms with Gasteiger partial charge in [-0.1, -0.05) is 48.0 Å². The molecule has 0 aliphatic carbocycles. The molecule has 1 atom stereocenters. The average Bonchev–Trinajstić information content (AvgIpc) is 3.28. The first kappa shape index (κ1) is 25.8. The number of amides is 1. The molecule has 12 heteroatoms. The number of hydrogen-bond donors (Lipinski definition) is 2. The molecule has 3 aromatic carbocycles. The molecule has 0 saturated heterocycles. The van der Waals surface area contributed by atoms with Gasteiger partial charge in [-0.3, -0.25) is 9.35 Å². The quantitative estimate of drug-likeness (QED) is 0.276. The Balaban J connectivity index is 1.60. The van der Waals surface area contributed by atoms with Crippen molar-refractivity contribution in [3.63, 3.8) is 0 Å². The molecule has 0 radical (unpaired) electrons. The van der Waals surface area contributed by atoms with E-state index in [1.807, 2.05) is 30.3 Å². The molecule has 0 spiro atoms. The van der Waals surface area contributed by atoms with Crippen molar-refractivity contribution in [3.8, 4) is 0 Å². The summed E-state index contributed by atoms with van der Waals surface area (Å²) in [6.45, 7) is 0.0448. The normalized spacial score (nSPS) is 11.8. The first-order valence-electron chi connectivity index (χ1n) is 10.6.